The fourth-order valence-electron chi connectivity index (χ4n) is 6.35. The molecule has 0 aliphatic heterocycles. The summed E-state index contributed by atoms with van der Waals surface area (Å²) in [5.74, 6) is 4.97. The minimum absolute atomic E-state index is 0.274. The molecule has 0 aromatic carbocycles. The Morgan fingerprint density at radius 2 is 1.59 bits per heavy atom. The Bertz CT molecular complexity index is 307. The maximum absolute atomic E-state index is 6.97. The molecule has 4 aliphatic carbocycles. The van der Waals surface area contributed by atoms with Crippen molar-refractivity contribution in [1.29, 1.82) is 0 Å². The van der Waals surface area contributed by atoms with Gasteiger partial charge in [-0.15, -0.1) is 0 Å². The van der Waals surface area contributed by atoms with Crippen molar-refractivity contribution in [3.05, 3.63) is 0 Å². The molecule has 4 rings (SSSR count). The van der Waals surface area contributed by atoms with E-state index in [4.69, 9.17) is 5.73 Å². The van der Waals surface area contributed by atoms with E-state index in [2.05, 4.69) is 0 Å². The Morgan fingerprint density at radius 3 is 2.41 bits per heavy atom. The number of nitrogens with two attached hydrogens (primary N) is 1. The van der Waals surface area contributed by atoms with Gasteiger partial charge in [0, 0.05) is 5.54 Å². The maximum Gasteiger partial charge on any atom is 0.0217 e. The first-order valence-corrected chi connectivity index (χ1v) is 8.08. The van der Waals surface area contributed by atoms with E-state index in [1.165, 1.54) is 64.2 Å². The van der Waals surface area contributed by atoms with Crippen LogP contribution in [-0.4, -0.2) is 5.54 Å². The highest BCUT2D eigenvalue weighted by Crippen LogP contribution is 2.64. The molecule has 4 fully saturated rings. The van der Waals surface area contributed by atoms with Gasteiger partial charge in [-0.25, -0.2) is 0 Å². The summed E-state index contributed by atoms with van der Waals surface area (Å²) >= 11 is 0. The lowest BCUT2D eigenvalue weighted by Crippen LogP contribution is -2.55. The van der Waals surface area contributed by atoms with Crippen molar-refractivity contribution < 1.29 is 0 Å². The molecule has 5 unspecified atom stereocenters. The van der Waals surface area contributed by atoms with Gasteiger partial charge in [0.25, 0.3) is 0 Å². The van der Waals surface area contributed by atoms with Crippen molar-refractivity contribution in [3.63, 3.8) is 0 Å². The van der Waals surface area contributed by atoms with Crippen molar-refractivity contribution in [2.45, 2.75) is 69.7 Å². The van der Waals surface area contributed by atoms with Gasteiger partial charge >= 0.3 is 0 Å². The van der Waals surface area contributed by atoms with E-state index in [9.17, 15) is 0 Å². The zero-order valence-electron chi connectivity index (χ0n) is 11.0. The smallest absolute Gasteiger partial charge is 0.0217 e. The minimum Gasteiger partial charge on any atom is -0.325 e. The summed E-state index contributed by atoms with van der Waals surface area (Å²) in [7, 11) is 0. The molecule has 0 spiro atoms. The van der Waals surface area contributed by atoms with Crippen LogP contribution in [0.25, 0.3) is 0 Å². The van der Waals surface area contributed by atoms with Crippen LogP contribution in [0.1, 0.15) is 64.2 Å². The second-order valence-electron chi connectivity index (χ2n) is 7.51. The molecule has 0 aromatic heterocycles. The summed E-state index contributed by atoms with van der Waals surface area (Å²) in [6.45, 7) is 0. The van der Waals surface area contributed by atoms with E-state index in [0.29, 0.717) is 0 Å². The largest absolute Gasteiger partial charge is 0.325 e. The first-order valence-electron chi connectivity index (χ1n) is 8.08. The Hall–Kier alpha value is -0.0400. The maximum atomic E-state index is 6.97. The van der Waals surface area contributed by atoms with Crippen LogP contribution in [0.2, 0.25) is 0 Å². The van der Waals surface area contributed by atoms with E-state index < -0.39 is 0 Å². The molecule has 96 valence electrons. The standard InChI is InChI=1S/C16H27N/c17-16(12-5-2-1-3-6-12)10-11-9-15(16)14-8-4-7-13(11)14/h11-15H,1-10,17H2. The van der Waals surface area contributed by atoms with Crippen LogP contribution >= 0.6 is 0 Å². The van der Waals surface area contributed by atoms with Gasteiger partial charge in [0.15, 0.2) is 0 Å². The molecule has 4 saturated carbocycles. The predicted molar refractivity (Wildman–Crippen MR) is 70.5 cm³/mol. The van der Waals surface area contributed by atoms with E-state index in [1.54, 1.807) is 0 Å². The SMILES string of the molecule is NC1(C2CCCCC2)CC2CC1C1CCCC21. The molecule has 2 bridgehead atoms. The lowest BCUT2D eigenvalue weighted by molar-refractivity contribution is 0.0808. The fraction of sp³-hybridized carbons (Fsp3) is 1.00. The molecule has 17 heavy (non-hydrogen) atoms. The monoisotopic (exact) mass is 233 g/mol. The highest BCUT2D eigenvalue weighted by molar-refractivity contribution is 5.14. The van der Waals surface area contributed by atoms with Crippen molar-refractivity contribution in [2.75, 3.05) is 0 Å². The fourth-order valence-corrected chi connectivity index (χ4v) is 6.35. The first-order chi connectivity index (χ1) is 8.29. The molecule has 1 heteroatoms. The summed E-state index contributed by atoms with van der Waals surface area (Å²) in [6, 6.07) is 0. The van der Waals surface area contributed by atoms with Crippen LogP contribution in [0.15, 0.2) is 0 Å². The Kier molecular flexibility index (Phi) is 2.38. The molecule has 0 radical (unpaired) electrons. The van der Waals surface area contributed by atoms with Gasteiger partial charge in [0.2, 0.25) is 0 Å². The lowest BCUT2D eigenvalue weighted by atomic mass is 9.62. The van der Waals surface area contributed by atoms with E-state index >= 15 is 0 Å². The molecule has 0 aromatic rings. The molecule has 5 atom stereocenters. The van der Waals surface area contributed by atoms with Gasteiger partial charge in [-0.1, -0.05) is 25.7 Å². The zero-order valence-corrected chi connectivity index (χ0v) is 11.0. The summed E-state index contributed by atoms with van der Waals surface area (Å²) in [5.41, 5.74) is 7.25. The van der Waals surface area contributed by atoms with Crippen molar-refractivity contribution in [2.24, 2.45) is 35.3 Å². The van der Waals surface area contributed by atoms with Crippen molar-refractivity contribution in [3.8, 4) is 0 Å². The van der Waals surface area contributed by atoms with Crippen LogP contribution in [0.4, 0.5) is 0 Å². The molecule has 2 N–H and O–H groups in total. The number of rotatable bonds is 1. The third kappa shape index (κ3) is 1.41. The van der Waals surface area contributed by atoms with Crippen LogP contribution in [-0.2, 0) is 0 Å². The molecular formula is C16H27N. The summed E-state index contributed by atoms with van der Waals surface area (Å²) in [4.78, 5) is 0. The minimum atomic E-state index is 0.274. The van der Waals surface area contributed by atoms with Gasteiger partial charge < -0.3 is 5.73 Å². The van der Waals surface area contributed by atoms with Crippen LogP contribution < -0.4 is 5.73 Å². The summed E-state index contributed by atoms with van der Waals surface area (Å²) < 4.78 is 0. The highest BCUT2D eigenvalue weighted by atomic mass is 14.9. The molecule has 4 aliphatic rings. The highest BCUT2D eigenvalue weighted by Gasteiger charge is 2.61. The molecule has 0 heterocycles. The summed E-state index contributed by atoms with van der Waals surface area (Å²) in [5, 5.41) is 0. The Labute approximate surface area is 106 Å². The quantitative estimate of drug-likeness (QED) is 0.734. The van der Waals surface area contributed by atoms with E-state index in [-0.39, 0.29) is 5.54 Å². The predicted octanol–water partition coefficient (Wildman–Crippen LogP) is 3.72. The normalized spacial score (nSPS) is 54.2. The summed E-state index contributed by atoms with van der Waals surface area (Å²) in [6.07, 6.45) is 14.7. The number of fused-ring (bicyclic) bond motifs is 5. The van der Waals surface area contributed by atoms with Crippen molar-refractivity contribution >= 4 is 0 Å². The van der Waals surface area contributed by atoms with Gasteiger partial charge in [0.1, 0.15) is 0 Å². The molecule has 0 amide bonds. The number of hydrogen-bond donors (Lipinski definition) is 1. The first kappa shape index (κ1) is 10.8. The van der Waals surface area contributed by atoms with Gasteiger partial charge in [-0.3, -0.25) is 0 Å². The average molecular weight is 233 g/mol. The van der Waals surface area contributed by atoms with E-state index in [1.807, 2.05) is 0 Å². The van der Waals surface area contributed by atoms with Gasteiger partial charge in [-0.05, 0) is 68.1 Å². The third-order valence-corrected chi connectivity index (χ3v) is 6.98. The van der Waals surface area contributed by atoms with Crippen molar-refractivity contribution in [1.82, 2.24) is 0 Å². The lowest BCUT2D eigenvalue weighted by Gasteiger charge is -2.46. The topological polar surface area (TPSA) is 26.0 Å². The zero-order chi connectivity index (χ0) is 11.5. The van der Waals surface area contributed by atoms with Gasteiger partial charge in [0.05, 0.1) is 0 Å². The van der Waals surface area contributed by atoms with Crippen LogP contribution in [0.5, 0.6) is 0 Å². The third-order valence-electron chi connectivity index (χ3n) is 6.98. The van der Waals surface area contributed by atoms with Crippen LogP contribution in [0, 0.1) is 29.6 Å². The molecular weight excluding hydrogens is 206 g/mol. The Balaban J connectivity index is 1.59. The van der Waals surface area contributed by atoms with Gasteiger partial charge in [-0.2, -0.15) is 0 Å². The molecule has 1 nitrogen and oxygen atoms in total. The molecule has 0 saturated heterocycles. The average Bonchev–Trinajstić information content (AvgIpc) is 3.00. The Morgan fingerprint density at radius 1 is 0.824 bits per heavy atom. The van der Waals surface area contributed by atoms with E-state index in [0.717, 1.165) is 29.6 Å². The second-order valence-corrected chi connectivity index (χ2v) is 7.51. The second kappa shape index (κ2) is 3.73. The number of hydrogen-bond acceptors (Lipinski definition) is 1. The van der Waals surface area contributed by atoms with Crippen LogP contribution in [0.3, 0.4) is 0 Å².